The van der Waals surface area contributed by atoms with E-state index in [0.717, 1.165) is 58.0 Å². The maximum absolute atomic E-state index is 6.46. The van der Waals surface area contributed by atoms with Crippen LogP contribution in [-0.2, 0) is 28.4 Å². The summed E-state index contributed by atoms with van der Waals surface area (Å²) in [4.78, 5) is 0. The van der Waals surface area contributed by atoms with Gasteiger partial charge in [-0.25, -0.2) is 0 Å². The molecule has 1 saturated carbocycles. The van der Waals surface area contributed by atoms with Crippen LogP contribution in [0, 0.1) is 5.41 Å². The van der Waals surface area contributed by atoms with Gasteiger partial charge in [-0.05, 0) is 112 Å². The molecule has 0 bridgehead atoms. The molecule has 0 radical (unpaired) electrons. The third-order valence-corrected chi connectivity index (χ3v) is 11.4. The monoisotopic (exact) mass is 504 g/mol. The molecule has 36 heavy (non-hydrogen) atoms. The van der Waals surface area contributed by atoms with E-state index in [0.29, 0.717) is 36.6 Å². The van der Waals surface area contributed by atoms with Crippen LogP contribution in [0.2, 0.25) is 0 Å². The summed E-state index contributed by atoms with van der Waals surface area (Å²) in [6.07, 6.45) is 15.1. The van der Waals surface area contributed by atoms with E-state index in [1.54, 1.807) is 0 Å². The van der Waals surface area contributed by atoms with Crippen LogP contribution in [-0.4, -0.2) is 71.2 Å². The molecule has 0 aromatic heterocycles. The van der Waals surface area contributed by atoms with Gasteiger partial charge in [0.25, 0.3) is 0 Å². The molecule has 0 aromatic rings. The molecule has 10 unspecified atom stereocenters. The van der Waals surface area contributed by atoms with Crippen molar-refractivity contribution in [2.24, 2.45) is 5.41 Å². The Labute approximate surface area is 217 Å². The predicted molar refractivity (Wildman–Crippen MR) is 135 cm³/mol. The Morgan fingerprint density at radius 1 is 0.583 bits per heavy atom. The fourth-order valence-electron chi connectivity index (χ4n) is 8.05. The largest absolute Gasteiger partial charge is 0.373 e. The lowest BCUT2D eigenvalue weighted by molar-refractivity contribution is 0.0887. The van der Waals surface area contributed by atoms with E-state index in [9.17, 15) is 0 Å². The Kier molecular flexibility index (Phi) is 5.29. The van der Waals surface area contributed by atoms with E-state index in [1.807, 2.05) is 0 Å². The molecule has 1 aliphatic carbocycles. The number of ether oxygens (including phenoxy) is 6. The molecule has 6 nitrogen and oxygen atoms in total. The second kappa shape index (κ2) is 7.69. The molecule has 204 valence electrons. The highest BCUT2D eigenvalue weighted by Gasteiger charge is 2.67. The first-order valence-corrected chi connectivity index (χ1v) is 14.9. The summed E-state index contributed by atoms with van der Waals surface area (Å²) in [5, 5.41) is 0. The van der Waals surface area contributed by atoms with Crippen LogP contribution in [0.25, 0.3) is 0 Å². The first kappa shape index (κ1) is 24.8. The quantitative estimate of drug-likeness (QED) is 0.309. The van der Waals surface area contributed by atoms with Gasteiger partial charge in [-0.2, -0.15) is 0 Å². The molecule has 0 N–H and O–H groups in total. The van der Waals surface area contributed by atoms with Crippen molar-refractivity contribution in [3.8, 4) is 0 Å². The first-order chi connectivity index (χ1) is 16.9. The number of hydrogen-bond donors (Lipinski definition) is 0. The number of hydrogen-bond acceptors (Lipinski definition) is 6. The summed E-state index contributed by atoms with van der Waals surface area (Å²) in [5.74, 6) is 0. The minimum atomic E-state index is 0.0445. The smallest absolute Gasteiger partial charge is 0.0955 e. The second-order valence-corrected chi connectivity index (χ2v) is 15.0. The van der Waals surface area contributed by atoms with Crippen molar-refractivity contribution < 1.29 is 28.4 Å². The van der Waals surface area contributed by atoms with Crippen molar-refractivity contribution in [1.29, 1.82) is 0 Å². The van der Waals surface area contributed by atoms with Crippen LogP contribution in [0.15, 0.2) is 0 Å². The van der Waals surface area contributed by atoms with Crippen LogP contribution >= 0.6 is 0 Å². The molecule has 7 fully saturated rings. The van der Waals surface area contributed by atoms with E-state index >= 15 is 0 Å². The normalized spacial score (nSPS) is 54.5. The van der Waals surface area contributed by atoms with Gasteiger partial charge in [-0.3, -0.25) is 0 Å². The summed E-state index contributed by atoms with van der Waals surface area (Å²) in [7, 11) is 0. The maximum Gasteiger partial charge on any atom is 0.0955 e. The lowest BCUT2D eigenvalue weighted by Crippen LogP contribution is -2.39. The third kappa shape index (κ3) is 4.50. The Morgan fingerprint density at radius 2 is 1.08 bits per heavy atom. The zero-order chi connectivity index (χ0) is 25.2. The molecule has 7 aliphatic rings. The van der Waals surface area contributed by atoms with Gasteiger partial charge in [-0.15, -0.1) is 0 Å². The number of epoxide rings is 6. The van der Waals surface area contributed by atoms with Crippen molar-refractivity contribution >= 4 is 0 Å². The summed E-state index contributed by atoms with van der Waals surface area (Å²) >= 11 is 0. The first-order valence-electron chi connectivity index (χ1n) is 14.9. The Morgan fingerprint density at radius 3 is 1.58 bits per heavy atom. The standard InChI is InChI=1S/C30H48O6/c1-25(2)19(32-25)7-12-27(5)21(34-27)9-14-29(24-17-31-24)15-10-23-30(18-29,36-23)16-11-22-28(6,35-22)13-8-20-26(3,4)33-20/h19-24H,7-18H2,1-6H3. The molecule has 6 aliphatic heterocycles. The second-order valence-electron chi connectivity index (χ2n) is 15.0. The van der Waals surface area contributed by atoms with Crippen LogP contribution in [0.5, 0.6) is 0 Å². The van der Waals surface area contributed by atoms with E-state index in [1.165, 1.54) is 19.3 Å². The molecule has 0 aromatic carbocycles. The van der Waals surface area contributed by atoms with Gasteiger partial charge in [0, 0.05) is 5.41 Å². The Balaban J connectivity index is 0.898. The highest BCUT2D eigenvalue weighted by atomic mass is 16.6. The SMILES string of the molecule is CC1(C)OC1CCC1(C)OC1CCC1(C2CO2)CCC2OC2(CCC2OC2(C)CCC2OC2(C)C)C1. The van der Waals surface area contributed by atoms with Gasteiger partial charge in [0.1, 0.15) is 0 Å². The average molecular weight is 505 g/mol. The zero-order valence-electron chi connectivity index (χ0n) is 23.4. The molecule has 0 spiro atoms. The van der Waals surface area contributed by atoms with Crippen LogP contribution in [0.3, 0.4) is 0 Å². The van der Waals surface area contributed by atoms with Crippen molar-refractivity contribution in [3.05, 3.63) is 0 Å². The number of fused-ring (bicyclic) bond motifs is 1. The topological polar surface area (TPSA) is 75.2 Å². The molecule has 10 atom stereocenters. The fourth-order valence-corrected chi connectivity index (χ4v) is 8.05. The molecule has 7 rings (SSSR count). The summed E-state index contributed by atoms with van der Waals surface area (Å²) in [6, 6.07) is 0. The van der Waals surface area contributed by atoms with Crippen molar-refractivity contribution in [2.45, 2.75) is 177 Å². The maximum atomic E-state index is 6.46. The minimum absolute atomic E-state index is 0.0445. The fraction of sp³-hybridized carbons (Fsp3) is 1.00. The molecule has 0 amide bonds. The van der Waals surface area contributed by atoms with Crippen molar-refractivity contribution in [3.63, 3.8) is 0 Å². The van der Waals surface area contributed by atoms with E-state index in [4.69, 9.17) is 28.4 Å². The minimum Gasteiger partial charge on any atom is -0.373 e. The molecular weight excluding hydrogens is 456 g/mol. The average Bonchev–Trinajstić information content (AvgIpc) is 3.56. The van der Waals surface area contributed by atoms with Crippen LogP contribution in [0.1, 0.15) is 112 Å². The van der Waals surface area contributed by atoms with Gasteiger partial charge in [0.2, 0.25) is 0 Å². The molecule has 6 heterocycles. The summed E-state index contributed by atoms with van der Waals surface area (Å²) in [6.45, 7) is 14.3. The number of rotatable bonds is 13. The zero-order valence-corrected chi connectivity index (χ0v) is 23.4. The lowest BCUT2D eigenvalue weighted by Gasteiger charge is -2.38. The van der Waals surface area contributed by atoms with Crippen LogP contribution in [0.4, 0.5) is 0 Å². The molecular formula is C30H48O6. The van der Waals surface area contributed by atoms with Crippen LogP contribution < -0.4 is 0 Å². The molecule has 6 heteroatoms. The Bertz CT molecular complexity index is 900. The van der Waals surface area contributed by atoms with E-state index in [-0.39, 0.29) is 33.4 Å². The predicted octanol–water partition coefficient (Wildman–Crippen LogP) is 5.48. The van der Waals surface area contributed by atoms with Crippen molar-refractivity contribution in [1.82, 2.24) is 0 Å². The summed E-state index contributed by atoms with van der Waals surface area (Å²) in [5.41, 5.74) is 0.592. The van der Waals surface area contributed by atoms with Gasteiger partial charge < -0.3 is 28.4 Å². The van der Waals surface area contributed by atoms with E-state index in [2.05, 4.69) is 41.5 Å². The van der Waals surface area contributed by atoms with Gasteiger partial charge in [-0.1, -0.05) is 0 Å². The third-order valence-electron chi connectivity index (χ3n) is 11.4. The van der Waals surface area contributed by atoms with Gasteiger partial charge in [0.05, 0.1) is 71.2 Å². The highest BCUT2D eigenvalue weighted by molar-refractivity contribution is 5.16. The lowest BCUT2D eigenvalue weighted by atomic mass is 9.64. The van der Waals surface area contributed by atoms with Gasteiger partial charge >= 0.3 is 0 Å². The molecule has 6 saturated heterocycles. The Hall–Kier alpha value is -0.240. The van der Waals surface area contributed by atoms with Crippen molar-refractivity contribution in [2.75, 3.05) is 6.61 Å². The van der Waals surface area contributed by atoms with E-state index < -0.39 is 0 Å². The van der Waals surface area contributed by atoms with Gasteiger partial charge in [0.15, 0.2) is 0 Å². The highest BCUT2D eigenvalue weighted by Crippen LogP contribution is 2.63. The summed E-state index contributed by atoms with van der Waals surface area (Å²) < 4.78 is 36.5.